The molecule has 2 aliphatic carbocycles. The minimum absolute atomic E-state index is 0.0454. The number of aliphatic hydroxyl groups excluding tert-OH is 1. The molecule has 34 heavy (non-hydrogen) atoms. The molecule has 1 aromatic carbocycles. The van der Waals surface area contributed by atoms with Crippen molar-refractivity contribution >= 4 is 21.8 Å². The largest absolute Gasteiger partial charge is 0.483 e. The average molecular weight is 493 g/mol. The second-order valence-corrected chi connectivity index (χ2v) is 11.6. The summed E-state index contributed by atoms with van der Waals surface area (Å²) in [5, 5.41) is 16.0. The summed E-state index contributed by atoms with van der Waals surface area (Å²) in [4.78, 5) is 4.41. The number of aliphatic hydroxyl groups is 1. The van der Waals surface area contributed by atoms with Gasteiger partial charge in [0.05, 0.1) is 46.2 Å². The average Bonchev–Trinajstić information content (AvgIpc) is 3.54. The predicted octanol–water partition coefficient (Wildman–Crippen LogP) is 2.99. The predicted molar refractivity (Wildman–Crippen MR) is 125 cm³/mol. The molecule has 2 aliphatic heterocycles. The highest BCUT2D eigenvalue weighted by Crippen LogP contribution is 2.41. The molecule has 8 nitrogen and oxygen atoms in total. The zero-order valence-electron chi connectivity index (χ0n) is 18.8. The zero-order chi connectivity index (χ0) is 24.1. The number of fused-ring (bicyclic) bond motifs is 1. The van der Waals surface area contributed by atoms with E-state index in [1.807, 2.05) is 0 Å². The van der Waals surface area contributed by atoms with Gasteiger partial charge in [-0.25, -0.2) is 13.0 Å². The molecule has 0 radical (unpaired) electrons. The van der Waals surface area contributed by atoms with E-state index >= 15 is 4.39 Å². The number of nitrogens with zero attached hydrogens (tertiary/aromatic N) is 2. The quantitative estimate of drug-likeness (QED) is 0.564. The van der Waals surface area contributed by atoms with Gasteiger partial charge in [0.2, 0.25) is 0 Å². The topological polar surface area (TPSA) is 105 Å². The second kappa shape index (κ2) is 8.47. The van der Waals surface area contributed by atoms with Crippen molar-refractivity contribution in [3.8, 4) is 5.75 Å². The number of benzene rings is 1. The van der Waals surface area contributed by atoms with E-state index in [0.29, 0.717) is 17.2 Å². The van der Waals surface area contributed by atoms with Crippen molar-refractivity contribution in [3.05, 3.63) is 59.1 Å². The molecule has 5 rings (SSSR count). The fraction of sp³-hybridized carbons (Fsp3) is 0.435. The van der Waals surface area contributed by atoms with Gasteiger partial charge in [0, 0.05) is 23.6 Å². The van der Waals surface area contributed by atoms with Crippen LogP contribution in [-0.4, -0.2) is 58.1 Å². The van der Waals surface area contributed by atoms with E-state index in [9.17, 15) is 13.7 Å². The summed E-state index contributed by atoms with van der Waals surface area (Å²) in [5.74, 6) is -0.659. The van der Waals surface area contributed by atoms with Crippen molar-refractivity contribution in [1.82, 2.24) is 5.32 Å². The third-order valence-electron chi connectivity index (χ3n) is 6.15. The first-order valence-corrected chi connectivity index (χ1v) is 13.0. The van der Waals surface area contributed by atoms with Gasteiger partial charge >= 0.3 is 0 Å². The lowest BCUT2D eigenvalue weighted by Crippen LogP contribution is -2.38. The lowest BCUT2D eigenvalue weighted by atomic mass is 9.85. The molecule has 11 heteroatoms. The molecule has 0 aromatic heterocycles. The van der Waals surface area contributed by atoms with Crippen molar-refractivity contribution in [3.63, 3.8) is 0 Å². The fourth-order valence-electron chi connectivity index (χ4n) is 4.19. The molecule has 182 valence electrons. The zero-order valence-corrected chi connectivity index (χ0v) is 19.6. The van der Waals surface area contributed by atoms with Gasteiger partial charge in [-0.05, 0) is 38.0 Å². The van der Waals surface area contributed by atoms with E-state index in [0.717, 1.165) is 12.8 Å². The first-order valence-electron chi connectivity index (χ1n) is 11.0. The van der Waals surface area contributed by atoms with E-state index in [1.165, 1.54) is 30.6 Å². The van der Waals surface area contributed by atoms with Gasteiger partial charge in [0.15, 0.2) is 6.10 Å². The Hall–Kier alpha value is -2.76. The maximum Gasteiger partial charge on any atom is 0.150 e. The Labute approximate surface area is 196 Å². The van der Waals surface area contributed by atoms with Crippen molar-refractivity contribution in [1.29, 1.82) is 0 Å². The fourth-order valence-corrected chi connectivity index (χ4v) is 5.88. The van der Waals surface area contributed by atoms with Crippen molar-refractivity contribution in [2.24, 2.45) is 9.36 Å². The Morgan fingerprint density at radius 1 is 1.35 bits per heavy atom. The van der Waals surface area contributed by atoms with Crippen molar-refractivity contribution in [2.45, 2.75) is 42.8 Å². The molecule has 0 bridgehead atoms. The van der Waals surface area contributed by atoms with Crippen LogP contribution < -0.4 is 15.4 Å². The Kier molecular flexibility index (Phi) is 5.73. The second-order valence-electron chi connectivity index (χ2n) is 9.04. The number of anilines is 1. The number of halogens is 2. The molecule has 0 spiro atoms. The van der Waals surface area contributed by atoms with E-state index in [2.05, 4.69) is 20.0 Å². The Balaban J connectivity index is 1.48. The first kappa shape index (κ1) is 23.0. The van der Waals surface area contributed by atoms with Crippen LogP contribution in [0.1, 0.15) is 19.8 Å². The van der Waals surface area contributed by atoms with Crippen LogP contribution in [0.25, 0.3) is 0 Å². The van der Waals surface area contributed by atoms with Crippen LogP contribution in [0.4, 0.5) is 14.5 Å². The molecule has 1 saturated heterocycles. The third kappa shape index (κ3) is 4.47. The number of nitrogens with one attached hydrogen (secondary N) is 2. The molecule has 3 N–H and O–H groups in total. The minimum atomic E-state index is -2.45. The maximum absolute atomic E-state index is 15.4. The summed E-state index contributed by atoms with van der Waals surface area (Å²) >= 11 is 0. The highest BCUT2D eigenvalue weighted by Gasteiger charge is 2.39. The Morgan fingerprint density at radius 3 is 2.85 bits per heavy atom. The molecule has 2 unspecified atom stereocenters. The van der Waals surface area contributed by atoms with Gasteiger partial charge in [-0.15, -0.1) is 0 Å². The summed E-state index contributed by atoms with van der Waals surface area (Å²) in [6, 6.07) is 3.90. The summed E-state index contributed by atoms with van der Waals surface area (Å²) in [5.41, 5.74) is -0.211. The summed E-state index contributed by atoms with van der Waals surface area (Å²) in [6.45, 7) is 2.03. The number of rotatable bonds is 6. The number of aliphatic imine (C=N–C) groups is 1. The smallest absolute Gasteiger partial charge is 0.150 e. The van der Waals surface area contributed by atoms with Crippen LogP contribution in [-0.2, 0) is 14.5 Å². The Bertz CT molecular complexity index is 1260. The SMILES string of the molecule is CC12C=C(N=S(C)(=O)C3CC3)C=C(F)C1=C(Nc1ccc(F)cc1O[C@@H]1COC[C@@H]1O)NC=N2. The van der Waals surface area contributed by atoms with E-state index in [4.69, 9.17) is 9.47 Å². The van der Waals surface area contributed by atoms with Gasteiger partial charge < -0.3 is 25.2 Å². The standard InChI is InChI=1S/C23H26F2N4O4S/c1-23-9-14(29-34(2,31)15-4-5-15)8-16(25)21(23)22(26-12-27-23)28-17-6-3-13(24)7-19(17)33-20-11-32-10-18(20)30/h3,6-9,12,15,18,20,28,30H,4-5,10-11H2,1-2H3,(H,26,27)/t18-,20+,23?,34?/m0/s1. The van der Waals surface area contributed by atoms with Crippen LogP contribution in [0.2, 0.25) is 0 Å². The molecule has 1 saturated carbocycles. The van der Waals surface area contributed by atoms with Crippen molar-refractivity contribution in [2.75, 3.05) is 24.8 Å². The van der Waals surface area contributed by atoms with E-state index in [-0.39, 0.29) is 29.8 Å². The first-order chi connectivity index (χ1) is 16.1. The van der Waals surface area contributed by atoms with Crippen LogP contribution >= 0.6 is 0 Å². The van der Waals surface area contributed by atoms with E-state index < -0.39 is 39.1 Å². The van der Waals surface area contributed by atoms with Gasteiger partial charge in [0.1, 0.15) is 34.9 Å². The maximum atomic E-state index is 15.4. The monoisotopic (exact) mass is 492 g/mol. The van der Waals surface area contributed by atoms with E-state index in [1.54, 1.807) is 19.3 Å². The molecule has 4 aliphatic rings. The molecule has 0 amide bonds. The van der Waals surface area contributed by atoms with Crippen LogP contribution in [0.5, 0.6) is 5.75 Å². The summed E-state index contributed by atoms with van der Waals surface area (Å²) < 4.78 is 57.6. The molecule has 2 heterocycles. The van der Waals surface area contributed by atoms with Gasteiger partial charge in [0.25, 0.3) is 0 Å². The lowest BCUT2D eigenvalue weighted by Gasteiger charge is -2.33. The highest BCUT2D eigenvalue weighted by atomic mass is 32.2. The molecular weight excluding hydrogens is 466 g/mol. The molecular formula is C23H26F2N4O4S. The van der Waals surface area contributed by atoms with Crippen LogP contribution in [0.3, 0.4) is 0 Å². The molecule has 4 atom stereocenters. The normalized spacial score (nSPS) is 30.0. The number of hydrogen-bond donors (Lipinski definition) is 3. The molecule has 1 aromatic rings. The molecule has 2 fully saturated rings. The number of hydrogen-bond acceptors (Lipinski definition) is 8. The summed E-state index contributed by atoms with van der Waals surface area (Å²) in [6.07, 6.45) is 6.21. The Morgan fingerprint density at radius 2 is 2.15 bits per heavy atom. The number of ether oxygens (including phenoxy) is 2. The van der Waals surface area contributed by atoms with Gasteiger partial charge in [-0.1, -0.05) is 0 Å². The number of allylic oxidation sites excluding steroid dienone is 1. The van der Waals surface area contributed by atoms with Crippen molar-refractivity contribution < 1.29 is 27.6 Å². The van der Waals surface area contributed by atoms with Crippen LogP contribution in [0.15, 0.2) is 62.6 Å². The minimum Gasteiger partial charge on any atom is -0.483 e. The van der Waals surface area contributed by atoms with Gasteiger partial charge in [-0.3, -0.25) is 4.99 Å². The third-order valence-corrected chi connectivity index (χ3v) is 8.43. The van der Waals surface area contributed by atoms with Crippen LogP contribution in [0, 0.1) is 5.82 Å². The lowest BCUT2D eigenvalue weighted by molar-refractivity contribution is 0.0736. The van der Waals surface area contributed by atoms with Gasteiger partial charge in [-0.2, -0.15) is 4.36 Å². The summed E-state index contributed by atoms with van der Waals surface area (Å²) in [7, 11) is -2.45. The highest BCUT2D eigenvalue weighted by molar-refractivity contribution is 7.93.